The highest BCUT2D eigenvalue weighted by atomic mass is 127. The molecule has 4 heteroatoms. The molecule has 108 valence electrons. The molecule has 21 heavy (non-hydrogen) atoms. The van der Waals surface area contributed by atoms with Gasteiger partial charge in [0.1, 0.15) is 0 Å². The summed E-state index contributed by atoms with van der Waals surface area (Å²) in [5.74, 6) is 0.00393. The van der Waals surface area contributed by atoms with Gasteiger partial charge in [-0.25, -0.2) is 0 Å². The third-order valence-electron chi connectivity index (χ3n) is 3.97. The van der Waals surface area contributed by atoms with Crippen LogP contribution in [0.15, 0.2) is 36.4 Å². The third-order valence-corrected chi connectivity index (χ3v) is 5.45. The fourth-order valence-electron chi connectivity index (χ4n) is 2.71. The molecule has 1 amide bonds. The second-order valence-corrected chi connectivity index (χ2v) is 6.46. The summed E-state index contributed by atoms with van der Waals surface area (Å²) in [6, 6.07) is 12.0. The summed E-state index contributed by atoms with van der Waals surface area (Å²) < 4.78 is 1.18. The number of carbonyl (C=O) groups is 1. The second-order valence-electron chi connectivity index (χ2n) is 5.38. The summed E-state index contributed by atoms with van der Waals surface area (Å²) in [7, 11) is 0. The second kappa shape index (κ2) is 5.77. The minimum atomic E-state index is -0.211. The van der Waals surface area contributed by atoms with Gasteiger partial charge in [0.15, 0.2) is 0 Å². The molecular weight excluding hydrogens is 375 g/mol. The van der Waals surface area contributed by atoms with Gasteiger partial charge in [0.2, 0.25) is 0 Å². The first-order valence-electron chi connectivity index (χ1n) is 6.99. The van der Waals surface area contributed by atoms with E-state index in [-0.39, 0.29) is 11.9 Å². The molecule has 2 aromatic rings. The van der Waals surface area contributed by atoms with Crippen LogP contribution in [0.25, 0.3) is 0 Å². The lowest BCUT2D eigenvalue weighted by atomic mass is 9.92. The van der Waals surface area contributed by atoms with Gasteiger partial charge in [-0.2, -0.15) is 0 Å². The van der Waals surface area contributed by atoms with E-state index < -0.39 is 0 Å². The van der Waals surface area contributed by atoms with E-state index in [0.717, 1.165) is 28.7 Å². The Morgan fingerprint density at radius 2 is 2.10 bits per heavy atom. The van der Waals surface area contributed by atoms with Crippen molar-refractivity contribution in [2.24, 2.45) is 5.73 Å². The molecule has 1 unspecified atom stereocenters. The number of amides is 1. The molecular formula is C17H17IN2O. The first kappa shape index (κ1) is 14.5. The number of hydrogen-bond donors (Lipinski definition) is 2. The number of carbonyl (C=O) groups excluding carboxylic acids is 1. The van der Waals surface area contributed by atoms with Gasteiger partial charge in [-0.05, 0) is 64.3 Å². The lowest BCUT2D eigenvalue weighted by Gasteiger charge is -2.20. The monoisotopic (exact) mass is 392 g/mol. The summed E-state index contributed by atoms with van der Waals surface area (Å²) in [6.07, 6.45) is 0.887. The Morgan fingerprint density at radius 3 is 2.90 bits per heavy atom. The van der Waals surface area contributed by atoms with E-state index in [2.05, 4.69) is 47.0 Å². The van der Waals surface area contributed by atoms with E-state index >= 15 is 0 Å². The van der Waals surface area contributed by atoms with Gasteiger partial charge in [-0.15, -0.1) is 0 Å². The van der Waals surface area contributed by atoms with E-state index in [9.17, 15) is 4.79 Å². The van der Waals surface area contributed by atoms with Crippen molar-refractivity contribution >= 4 is 28.5 Å². The summed E-state index contributed by atoms with van der Waals surface area (Å²) in [5.41, 5.74) is 11.6. The minimum absolute atomic E-state index is 0.00393. The fraction of sp³-hybridized carbons (Fsp3) is 0.235. The van der Waals surface area contributed by atoms with Crippen LogP contribution in [-0.2, 0) is 6.42 Å². The summed E-state index contributed by atoms with van der Waals surface area (Å²) in [5, 5.41) is 2.88. The number of nitrogens with two attached hydrogens (primary N) is 1. The quantitative estimate of drug-likeness (QED) is 0.773. The molecule has 3 nitrogen and oxygen atoms in total. The van der Waals surface area contributed by atoms with Crippen molar-refractivity contribution in [3.8, 4) is 0 Å². The van der Waals surface area contributed by atoms with Crippen molar-refractivity contribution in [2.75, 3.05) is 6.54 Å². The number of aryl methyl sites for hydroxylation is 1. The Morgan fingerprint density at radius 1 is 1.29 bits per heavy atom. The Bertz CT molecular complexity index is 712. The van der Waals surface area contributed by atoms with Gasteiger partial charge in [0.05, 0.1) is 6.04 Å². The van der Waals surface area contributed by atoms with E-state index in [4.69, 9.17) is 5.73 Å². The third kappa shape index (κ3) is 2.70. The predicted molar refractivity (Wildman–Crippen MR) is 92.4 cm³/mol. The maximum absolute atomic E-state index is 12.0. The molecule has 2 aromatic carbocycles. The van der Waals surface area contributed by atoms with Gasteiger partial charge in [-0.3, -0.25) is 4.79 Å². The maximum atomic E-state index is 12.0. The molecule has 0 radical (unpaired) electrons. The topological polar surface area (TPSA) is 55.1 Å². The molecule has 0 aliphatic carbocycles. The number of halogens is 1. The molecule has 3 N–H and O–H groups in total. The van der Waals surface area contributed by atoms with Crippen LogP contribution in [0, 0.1) is 10.5 Å². The molecule has 0 aromatic heterocycles. The van der Waals surface area contributed by atoms with Gasteiger partial charge >= 0.3 is 0 Å². The molecule has 1 aliphatic rings. The molecule has 0 saturated carbocycles. The zero-order chi connectivity index (χ0) is 15.0. The van der Waals surface area contributed by atoms with Gasteiger partial charge in [0.25, 0.3) is 5.91 Å². The minimum Gasteiger partial charge on any atom is -0.352 e. The van der Waals surface area contributed by atoms with Crippen LogP contribution in [0.5, 0.6) is 0 Å². The zero-order valence-corrected chi connectivity index (χ0v) is 14.0. The Hall–Kier alpha value is -1.40. The van der Waals surface area contributed by atoms with E-state index in [0.29, 0.717) is 6.54 Å². The van der Waals surface area contributed by atoms with Crippen molar-refractivity contribution in [3.63, 3.8) is 0 Å². The summed E-state index contributed by atoms with van der Waals surface area (Å²) in [4.78, 5) is 12.0. The summed E-state index contributed by atoms with van der Waals surface area (Å²) in [6.45, 7) is 2.80. The molecule has 0 saturated heterocycles. The van der Waals surface area contributed by atoms with Crippen LogP contribution < -0.4 is 11.1 Å². The van der Waals surface area contributed by atoms with Gasteiger partial charge in [-0.1, -0.05) is 30.3 Å². The van der Waals surface area contributed by atoms with E-state index in [1.807, 2.05) is 24.3 Å². The van der Waals surface area contributed by atoms with Crippen molar-refractivity contribution in [3.05, 3.63) is 67.8 Å². The Labute approximate surface area is 138 Å². The van der Waals surface area contributed by atoms with Crippen LogP contribution in [0.1, 0.15) is 38.7 Å². The van der Waals surface area contributed by atoms with E-state index in [1.165, 1.54) is 9.13 Å². The van der Waals surface area contributed by atoms with Crippen LogP contribution in [-0.4, -0.2) is 12.5 Å². The first-order valence-corrected chi connectivity index (χ1v) is 8.07. The van der Waals surface area contributed by atoms with Gasteiger partial charge < -0.3 is 11.1 Å². The predicted octanol–water partition coefficient (Wildman–Crippen LogP) is 2.93. The van der Waals surface area contributed by atoms with Gasteiger partial charge in [0, 0.05) is 15.7 Å². The molecule has 1 atom stereocenters. The molecule has 0 bridgehead atoms. The van der Waals surface area contributed by atoms with E-state index in [1.54, 1.807) is 0 Å². The zero-order valence-electron chi connectivity index (χ0n) is 11.8. The number of fused-ring (bicyclic) bond motifs is 1. The standard InChI is InChI=1S/C17H17IN2O/c1-10-3-2-4-13(15(10)18)16(19)12-6-5-11-7-8-20-17(21)14(11)9-12/h2-6,9,16H,7-8,19H2,1H3,(H,20,21). The number of benzene rings is 2. The average molecular weight is 392 g/mol. The van der Waals surface area contributed by atoms with Crippen LogP contribution in [0.3, 0.4) is 0 Å². The van der Waals surface area contributed by atoms with Crippen LogP contribution in [0.2, 0.25) is 0 Å². The largest absolute Gasteiger partial charge is 0.352 e. The Balaban J connectivity index is 2.02. The van der Waals surface area contributed by atoms with Crippen LogP contribution in [0.4, 0.5) is 0 Å². The SMILES string of the molecule is Cc1cccc(C(N)c2ccc3c(c2)C(=O)NCC3)c1I. The Kier molecular flexibility index (Phi) is 3.99. The highest BCUT2D eigenvalue weighted by Gasteiger charge is 2.20. The molecule has 3 rings (SSSR count). The lowest BCUT2D eigenvalue weighted by molar-refractivity contribution is 0.0946. The molecule has 0 spiro atoms. The normalized spacial score (nSPS) is 15.3. The molecule has 1 heterocycles. The lowest BCUT2D eigenvalue weighted by Crippen LogP contribution is -2.32. The summed E-state index contributed by atoms with van der Waals surface area (Å²) >= 11 is 2.33. The number of hydrogen-bond acceptors (Lipinski definition) is 2. The highest BCUT2D eigenvalue weighted by molar-refractivity contribution is 14.1. The highest BCUT2D eigenvalue weighted by Crippen LogP contribution is 2.28. The van der Waals surface area contributed by atoms with Crippen molar-refractivity contribution in [1.82, 2.24) is 5.32 Å². The number of rotatable bonds is 2. The molecule has 1 aliphatic heterocycles. The van der Waals surface area contributed by atoms with Crippen LogP contribution >= 0.6 is 22.6 Å². The van der Waals surface area contributed by atoms with Crippen molar-refractivity contribution < 1.29 is 4.79 Å². The van der Waals surface area contributed by atoms with Crippen molar-refractivity contribution in [1.29, 1.82) is 0 Å². The first-order chi connectivity index (χ1) is 10.1. The maximum Gasteiger partial charge on any atom is 0.251 e. The fourth-order valence-corrected chi connectivity index (χ4v) is 3.41. The molecule has 0 fully saturated rings. The average Bonchev–Trinajstić information content (AvgIpc) is 2.49. The number of nitrogens with one attached hydrogen (secondary N) is 1. The smallest absolute Gasteiger partial charge is 0.251 e. The van der Waals surface area contributed by atoms with Crippen molar-refractivity contribution in [2.45, 2.75) is 19.4 Å².